The van der Waals surface area contributed by atoms with E-state index in [1.54, 1.807) is 36.4 Å². The molecular formula is C56H55N4Pt-3. The van der Waals surface area contributed by atoms with Crippen molar-refractivity contribution < 1.29 is 29.3 Å². The molecule has 0 N–H and O–H groups in total. The van der Waals surface area contributed by atoms with E-state index in [-0.39, 0.29) is 43.0 Å². The Morgan fingerprint density at radius 2 is 1.18 bits per heavy atom. The first-order chi connectivity index (χ1) is 31.0. The predicted molar refractivity (Wildman–Crippen MR) is 252 cm³/mol. The van der Waals surface area contributed by atoms with Crippen molar-refractivity contribution in [1.29, 1.82) is 0 Å². The molecule has 1 aliphatic heterocycles. The third-order valence-electron chi connectivity index (χ3n) is 12.1. The molecule has 0 amide bonds. The van der Waals surface area contributed by atoms with Gasteiger partial charge in [0.2, 0.25) is 0 Å². The molecule has 0 saturated heterocycles. The van der Waals surface area contributed by atoms with Crippen molar-refractivity contribution in [1.82, 2.24) is 9.55 Å². The van der Waals surface area contributed by atoms with Gasteiger partial charge in [-0.05, 0) is 74.2 Å². The summed E-state index contributed by atoms with van der Waals surface area (Å²) in [4.78, 5) is 9.39. The molecule has 0 radical (unpaired) electrons. The molecule has 0 spiro atoms. The molecule has 3 heterocycles. The van der Waals surface area contributed by atoms with Crippen molar-refractivity contribution in [2.24, 2.45) is 0 Å². The molecule has 61 heavy (non-hydrogen) atoms. The van der Waals surface area contributed by atoms with Crippen LogP contribution in [0.25, 0.3) is 27.6 Å². The molecule has 8 aromatic rings. The fraction of sp³-hybridized carbons (Fsp3) is 0.250. The predicted octanol–water partition coefficient (Wildman–Crippen LogP) is 14.4. The van der Waals surface area contributed by atoms with Crippen molar-refractivity contribution in [3.63, 3.8) is 0 Å². The Labute approximate surface area is 386 Å². The number of para-hydroxylation sites is 4. The number of aromatic nitrogens is 2. The fourth-order valence-corrected chi connectivity index (χ4v) is 8.73. The number of hydrogen-bond donors (Lipinski definition) is 0. The maximum absolute atomic E-state index is 8.80. The van der Waals surface area contributed by atoms with Gasteiger partial charge in [0.15, 0.2) is 0 Å². The fourth-order valence-electron chi connectivity index (χ4n) is 8.73. The molecule has 2 aromatic heterocycles. The van der Waals surface area contributed by atoms with Crippen molar-refractivity contribution in [3.8, 4) is 5.82 Å². The SMILES string of the molecule is [2H]C([2H])([2H])C(c1ccccc1)(c1ccnc(-n2c3[c-]c(C(C)(C)c4[c-]c(N5[CH-]N(c6c(C(C)(C)C)cccc6C(C)(C)C)c6ccccc65)ccc4)ccc3c3ccccc32)c1)C([2H])([2H])[2H].[Pt]. The Kier molecular flexibility index (Phi) is 8.93. The van der Waals surface area contributed by atoms with Gasteiger partial charge in [-0.15, -0.1) is 17.7 Å². The van der Waals surface area contributed by atoms with Crippen molar-refractivity contribution in [2.75, 3.05) is 9.80 Å². The molecule has 0 bridgehead atoms. The van der Waals surface area contributed by atoms with Gasteiger partial charge in [-0.25, -0.2) is 4.98 Å². The Hall–Kier alpha value is -5.44. The number of anilines is 4. The summed E-state index contributed by atoms with van der Waals surface area (Å²) < 4.78 is 54.8. The number of rotatable bonds is 7. The molecule has 312 valence electrons. The first kappa shape index (κ1) is 35.2. The molecule has 1 aliphatic rings. The Morgan fingerprint density at radius 3 is 1.87 bits per heavy atom. The zero-order chi connectivity index (χ0) is 47.2. The third kappa shape index (κ3) is 7.31. The molecule has 0 fully saturated rings. The van der Waals surface area contributed by atoms with E-state index in [9.17, 15) is 0 Å². The maximum Gasteiger partial charge on any atom is 0.135 e. The minimum Gasteiger partial charge on any atom is -0.493 e. The first-order valence-corrected chi connectivity index (χ1v) is 20.7. The van der Waals surface area contributed by atoms with E-state index in [2.05, 4.69) is 157 Å². The minimum absolute atomic E-state index is 0. The molecule has 4 nitrogen and oxygen atoms in total. The number of nitrogens with zero attached hydrogens (tertiary/aromatic N) is 4. The number of pyridine rings is 1. The van der Waals surface area contributed by atoms with Crippen LogP contribution in [-0.4, -0.2) is 9.55 Å². The summed E-state index contributed by atoms with van der Waals surface area (Å²) in [6.45, 7) is 14.3. The Bertz CT molecular complexity index is 3070. The second-order valence-electron chi connectivity index (χ2n) is 18.6. The quantitative estimate of drug-likeness (QED) is 0.149. The van der Waals surface area contributed by atoms with Crippen LogP contribution in [0.3, 0.4) is 0 Å². The summed E-state index contributed by atoms with van der Waals surface area (Å²) in [5.74, 6) is 0.391. The maximum atomic E-state index is 8.80. The van der Waals surface area contributed by atoms with Gasteiger partial charge in [0.25, 0.3) is 0 Å². The van der Waals surface area contributed by atoms with Gasteiger partial charge < -0.3 is 14.4 Å². The van der Waals surface area contributed by atoms with Crippen LogP contribution in [0.1, 0.15) is 111 Å². The summed E-state index contributed by atoms with van der Waals surface area (Å²) in [6.07, 6.45) is 1.51. The molecular weight excluding hydrogens is 924 g/mol. The average Bonchev–Trinajstić information content (AvgIpc) is 3.81. The summed E-state index contributed by atoms with van der Waals surface area (Å²) in [6, 6.07) is 52.8. The van der Waals surface area contributed by atoms with Crippen LogP contribution in [0, 0.1) is 18.8 Å². The van der Waals surface area contributed by atoms with Crippen LogP contribution in [0.2, 0.25) is 0 Å². The Morgan fingerprint density at radius 1 is 0.557 bits per heavy atom. The van der Waals surface area contributed by atoms with E-state index in [0.717, 1.165) is 50.0 Å². The van der Waals surface area contributed by atoms with Crippen LogP contribution in [-0.2, 0) is 42.7 Å². The van der Waals surface area contributed by atoms with E-state index in [1.165, 1.54) is 29.1 Å². The number of benzene rings is 6. The van der Waals surface area contributed by atoms with Gasteiger partial charge in [-0.3, -0.25) is 0 Å². The van der Waals surface area contributed by atoms with E-state index >= 15 is 0 Å². The van der Waals surface area contributed by atoms with E-state index < -0.39 is 24.5 Å². The van der Waals surface area contributed by atoms with Gasteiger partial charge in [0, 0.05) is 63.5 Å². The third-order valence-corrected chi connectivity index (χ3v) is 12.1. The van der Waals surface area contributed by atoms with E-state index in [1.807, 2.05) is 28.8 Å². The van der Waals surface area contributed by atoms with Gasteiger partial charge in [-0.1, -0.05) is 153 Å². The number of hydrogen-bond acceptors (Lipinski definition) is 3. The van der Waals surface area contributed by atoms with E-state index in [4.69, 9.17) is 13.2 Å². The van der Waals surface area contributed by atoms with Crippen LogP contribution in [0.15, 0.2) is 146 Å². The average molecular weight is 985 g/mol. The smallest absolute Gasteiger partial charge is 0.135 e. The van der Waals surface area contributed by atoms with Crippen LogP contribution >= 0.6 is 0 Å². The molecule has 6 aromatic carbocycles. The Balaban J connectivity index is 0.00000608. The summed E-state index contributed by atoms with van der Waals surface area (Å²) in [7, 11) is 0. The number of fused-ring (bicyclic) bond motifs is 4. The topological polar surface area (TPSA) is 24.3 Å². The zero-order valence-corrected chi connectivity index (χ0v) is 38.3. The van der Waals surface area contributed by atoms with Crippen molar-refractivity contribution >= 4 is 44.6 Å². The molecule has 0 aliphatic carbocycles. The molecule has 0 unspecified atom stereocenters. The van der Waals surface area contributed by atoms with Crippen LogP contribution < -0.4 is 9.80 Å². The van der Waals surface area contributed by atoms with Gasteiger partial charge >= 0.3 is 0 Å². The normalized spacial score (nSPS) is 15.3. The zero-order valence-electron chi connectivity index (χ0n) is 42.0. The molecule has 0 saturated carbocycles. The second kappa shape index (κ2) is 15.5. The largest absolute Gasteiger partial charge is 0.493 e. The standard InChI is InChI=1S/C56H55N4.Pt/c1-53(2,3)45-25-19-26-46(54(4,5)6)52(45)59-37-58(48-28-16-17-29-49(48)59)42-23-18-22-39(34-42)56(9,10)40-30-31-44-43-24-14-15-27-47(43)60(50(44)35-40)51-36-41(32-33-57-51)55(7,8)38-20-12-11-13-21-38;/h11-33,36-37H,1-10H3;/q-3;/i7D3,8D3;. The first-order valence-electron chi connectivity index (χ1n) is 23.7. The van der Waals surface area contributed by atoms with Gasteiger partial charge in [-0.2, -0.15) is 53.6 Å². The summed E-state index contributed by atoms with van der Waals surface area (Å²) in [5.41, 5.74) is 7.45. The molecule has 9 rings (SSSR count). The summed E-state index contributed by atoms with van der Waals surface area (Å²) >= 11 is 0. The van der Waals surface area contributed by atoms with Crippen LogP contribution in [0.5, 0.6) is 0 Å². The second-order valence-corrected chi connectivity index (χ2v) is 18.6. The van der Waals surface area contributed by atoms with Crippen molar-refractivity contribution in [3.05, 3.63) is 198 Å². The molecule has 5 heteroatoms. The van der Waals surface area contributed by atoms with E-state index in [0.29, 0.717) is 5.82 Å². The van der Waals surface area contributed by atoms with Crippen molar-refractivity contribution in [2.45, 2.75) is 90.8 Å². The van der Waals surface area contributed by atoms with Gasteiger partial charge in [0.05, 0.1) is 0 Å². The molecule has 0 atom stereocenters. The van der Waals surface area contributed by atoms with Gasteiger partial charge in [0.1, 0.15) is 5.82 Å². The van der Waals surface area contributed by atoms with Crippen LogP contribution in [0.4, 0.5) is 22.7 Å². The summed E-state index contributed by atoms with van der Waals surface area (Å²) in [5, 5.41) is 1.90. The minimum atomic E-state index is -2.94. The monoisotopic (exact) mass is 984 g/mol.